The summed E-state index contributed by atoms with van der Waals surface area (Å²) < 4.78 is 47.5. The van der Waals surface area contributed by atoms with Crippen molar-refractivity contribution in [1.29, 1.82) is 0 Å². The van der Waals surface area contributed by atoms with Gasteiger partial charge in [-0.25, -0.2) is 0 Å². The first-order chi connectivity index (χ1) is 26.7. The van der Waals surface area contributed by atoms with Crippen LogP contribution in [0.2, 0.25) is 19.6 Å². The fourth-order valence-corrected chi connectivity index (χ4v) is 8.48. The molecule has 53 heavy (non-hydrogen) atoms. The van der Waals surface area contributed by atoms with Crippen molar-refractivity contribution in [2.45, 2.75) is 73.4 Å². The van der Waals surface area contributed by atoms with Crippen molar-refractivity contribution in [2.75, 3.05) is 0 Å². The van der Waals surface area contributed by atoms with E-state index in [2.05, 4.69) is 105 Å². The van der Waals surface area contributed by atoms with Gasteiger partial charge in [0.15, 0.2) is 0 Å². The van der Waals surface area contributed by atoms with Crippen LogP contribution in [0.15, 0.2) is 114 Å². The van der Waals surface area contributed by atoms with Gasteiger partial charge in [-0.2, -0.15) is 0 Å². The first-order valence-electron chi connectivity index (χ1n) is 20.4. The Labute approximate surface area is 336 Å². The van der Waals surface area contributed by atoms with Crippen LogP contribution < -0.4 is 5.19 Å². The molecular weight excluding hydrogens is 841 g/mol. The Morgan fingerprint density at radius 1 is 0.811 bits per heavy atom. The Kier molecular flexibility index (Phi) is 9.16. The number of rotatable bonds is 5. The van der Waals surface area contributed by atoms with E-state index in [4.69, 9.17) is 11.3 Å². The van der Waals surface area contributed by atoms with Gasteiger partial charge in [-0.05, 0) is 80.4 Å². The maximum atomic E-state index is 8.54. The van der Waals surface area contributed by atoms with E-state index in [1.165, 1.54) is 16.0 Å². The predicted octanol–water partition coefficient (Wildman–Crippen LogP) is 12.9. The van der Waals surface area contributed by atoms with Crippen molar-refractivity contribution in [1.82, 2.24) is 9.97 Å². The van der Waals surface area contributed by atoms with Crippen LogP contribution in [-0.2, 0) is 26.5 Å². The summed E-state index contributed by atoms with van der Waals surface area (Å²) in [7, 11) is -1.50. The largest absolute Gasteiger partial charge is 0.501 e. The summed E-state index contributed by atoms with van der Waals surface area (Å²) >= 11 is 0. The molecule has 0 atom stereocenters. The van der Waals surface area contributed by atoms with Crippen LogP contribution in [0.25, 0.3) is 66.0 Å². The predicted molar refractivity (Wildman–Crippen MR) is 224 cm³/mol. The van der Waals surface area contributed by atoms with Gasteiger partial charge in [0.25, 0.3) is 0 Å². The van der Waals surface area contributed by atoms with E-state index < -0.39 is 20.8 Å². The third-order valence-corrected chi connectivity index (χ3v) is 11.4. The molecule has 1 radical (unpaired) electrons. The minimum absolute atomic E-state index is 0. The van der Waals surface area contributed by atoms with E-state index >= 15 is 0 Å². The zero-order chi connectivity index (χ0) is 41.1. The number of pyridine rings is 2. The third-order valence-electron chi connectivity index (χ3n) is 9.43. The molecule has 0 amide bonds. The van der Waals surface area contributed by atoms with Gasteiger partial charge in [-0.3, -0.25) is 0 Å². The molecule has 3 heterocycles. The monoisotopic (exact) mass is 894 g/mol. The number of hydrogen-bond acceptors (Lipinski definition) is 3. The maximum Gasteiger partial charge on any atom is 0.121 e. The van der Waals surface area contributed by atoms with Gasteiger partial charge in [0, 0.05) is 43.3 Å². The number of hydrogen-bond donors (Lipinski definition) is 0. The molecule has 5 heteroatoms. The quantitative estimate of drug-likeness (QED) is 0.0982. The summed E-state index contributed by atoms with van der Waals surface area (Å²) in [5.41, 5.74) is 5.97. The average Bonchev–Trinajstić information content (AvgIpc) is 3.50. The molecule has 8 rings (SSSR count). The van der Waals surface area contributed by atoms with Crippen LogP contribution in [0.5, 0.6) is 0 Å². The number of fused-ring (bicyclic) bond motifs is 6. The summed E-state index contributed by atoms with van der Waals surface area (Å²) in [6, 6.07) is 38.8. The van der Waals surface area contributed by atoms with Gasteiger partial charge in [0.1, 0.15) is 5.58 Å². The number of benzene rings is 5. The van der Waals surface area contributed by atoms with Crippen molar-refractivity contribution in [3.05, 3.63) is 138 Å². The molecule has 0 spiro atoms. The van der Waals surface area contributed by atoms with Crippen LogP contribution >= 0.6 is 0 Å². The second-order valence-electron chi connectivity index (χ2n) is 16.1. The molecule has 0 saturated carbocycles. The Hall–Kier alpha value is -4.41. The fourth-order valence-electron chi connectivity index (χ4n) is 6.90. The van der Waals surface area contributed by atoms with Gasteiger partial charge >= 0.3 is 0 Å². The van der Waals surface area contributed by atoms with Gasteiger partial charge in [0.2, 0.25) is 0 Å². The molecule has 0 N–H and O–H groups in total. The second-order valence-corrected chi connectivity index (χ2v) is 21.1. The van der Waals surface area contributed by atoms with Crippen LogP contribution in [0.4, 0.5) is 0 Å². The van der Waals surface area contributed by atoms with Gasteiger partial charge in [0.05, 0.1) is 15.0 Å². The molecule has 5 aromatic carbocycles. The van der Waals surface area contributed by atoms with E-state index in [9.17, 15) is 0 Å². The summed E-state index contributed by atoms with van der Waals surface area (Å²) in [5, 5.41) is 7.80. The first kappa shape index (κ1) is 32.1. The first-order valence-corrected chi connectivity index (χ1v) is 21.4. The summed E-state index contributed by atoms with van der Waals surface area (Å²) in [5.74, 6) is -0.609. The molecular formula is C48H48IrN2OSi-2. The average molecular weight is 894 g/mol. The Morgan fingerprint density at radius 3 is 2.30 bits per heavy atom. The zero-order valence-corrected chi connectivity index (χ0v) is 35.1. The van der Waals surface area contributed by atoms with E-state index in [0.29, 0.717) is 28.8 Å². The third kappa shape index (κ3) is 8.09. The number of nitrogens with zero attached hydrogens (tertiary/aromatic N) is 2. The molecule has 0 fully saturated rings. The molecule has 0 aliphatic heterocycles. The van der Waals surface area contributed by atoms with E-state index in [-0.39, 0.29) is 37.3 Å². The van der Waals surface area contributed by atoms with Crippen molar-refractivity contribution < 1.29 is 31.4 Å². The Bertz CT molecular complexity index is 2780. The van der Waals surface area contributed by atoms with Crippen molar-refractivity contribution in [3.8, 4) is 22.5 Å². The smallest absolute Gasteiger partial charge is 0.121 e. The van der Waals surface area contributed by atoms with Crippen LogP contribution in [0.1, 0.15) is 64.1 Å². The number of aromatic nitrogens is 2. The SMILES string of the molecule is [2H]C(C)(C)c1cc(-c2[c-]cccc2)ncc1[Si](C)(C)C.[2H]c1nc(-c2[c-]ccc3c2oc2cc4c(ccc5ccccc54)cc23)cc(CC(C)(C)C)c1C([2H])([2H])[2H].[Ir]. The topological polar surface area (TPSA) is 38.9 Å². The van der Waals surface area contributed by atoms with E-state index in [0.717, 1.165) is 43.9 Å². The van der Waals surface area contributed by atoms with Crippen molar-refractivity contribution >= 4 is 56.7 Å². The van der Waals surface area contributed by atoms with Crippen LogP contribution in [0.3, 0.4) is 0 Å². The molecule has 3 aromatic heterocycles. The normalized spacial score (nSPS) is 13.8. The fraction of sp³-hybridized carbons (Fsp3) is 0.250. The maximum absolute atomic E-state index is 8.54. The van der Waals surface area contributed by atoms with Crippen LogP contribution in [-0.4, -0.2) is 18.0 Å². The molecule has 0 aliphatic rings. The Balaban J connectivity index is 0.000000230. The van der Waals surface area contributed by atoms with Crippen LogP contribution in [0, 0.1) is 24.4 Å². The standard InChI is InChI=1S/C31H26NO.C17H22NSi.Ir/c1-19-18-32-28(15-22(19)17-31(2,3)4)25-11-7-10-24-27-14-21-13-12-20-8-5-6-9-23(20)26(21)16-29(27)33-30(24)25;1-13(2)15-11-16(14-9-7-6-8-10-14)18-12-17(15)19(3,4)5;/h5-10,12-16,18H,17H2,1-4H3;6-9,11-13H,1-5H3;/q2*-1;/i1D3,18D;13D;. The van der Waals surface area contributed by atoms with Crippen molar-refractivity contribution in [2.24, 2.45) is 5.41 Å². The van der Waals surface area contributed by atoms with Gasteiger partial charge in [-0.15, -0.1) is 54.1 Å². The summed E-state index contributed by atoms with van der Waals surface area (Å²) in [6.07, 6.45) is 2.26. The van der Waals surface area contributed by atoms with E-state index in [1.807, 2.05) is 68.6 Å². The van der Waals surface area contributed by atoms with Crippen molar-refractivity contribution in [3.63, 3.8) is 0 Å². The van der Waals surface area contributed by atoms with Gasteiger partial charge < -0.3 is 14.4 Å². The Morgan fingerprint density at radius 2 is 1.58 bits per heavy atom. The minimum Gasteiger partial charge on any atom is -0.501 e. The summed E-state index contributed by atoms with van der Waals surface area (Å²) in [4.78, 5) is 9.04. The van der Waals surface area contributed by atoms with Gasteiger partial charge in [-0.1, -0.05) is 125 Å². The molecule has 0 bridgehead atoms. The number of furan rings is 1. The molecule has 0 saturated heterocycles. The molecule has 0 unspecified atom stereocenters. The molecule has 3 nitrogen and oxygen atoms in total. The molecule has 8 aromatic rings. The minimum atomic E-state index is -2.42. The summed E-state index contributed by atoms with van der Waals surface area (Å²) in [6.45, 7) is 14.5. The molecule has 0 aliphatic carbocycles. The zero-order valence-electron chi connectivity index (χ0n) is 36.7. The molecule has 271 valence electrons. The van der Waals surface area contributed by atoms with E-state index in [1.54, 1.807) is 6.07 Å². The second kappa shape index (κ2) is 15.1.